The first kappa shape index (κ1) is 22.4. The van der Waals surface area contributed by atoms with Gasteiger partial charge in [-0.2, -0.15) is 4.31 Å². The van der Waals surface area contributed by atoms with Crippen molar-refractivity contribution in [3.8, 4) is 0 Å². The fourth-order valence-corrected chi connectivity index (χ4v) is 4.43. The van der Waals surface area contributed by atoms with E-state index in [0.29, 0.717) is 13.1 Å². The number of benzene rings is 1. The lowest BCUT2D eigenvalue weighted by atomic mass is 10.0. The smallest absolute Gasteiger partial charge is 0.338 e. The van der Waals surface area contributed by atoms with Crippen LogP contribution >= 0.6 is 0 Å². The second kappa shape index (κ2) is 9.52. The van der Waals surface area contributed by atoms with Gasteiger partial charge in [0, 0.05) is 18.6 Å². The van der Waals surface area contributed by atoms with Gasteiger partial charge in [0.25, 0.3) is 5.91 Å². The third-order valence-electron chi connectivity index (χ3n) is 4.99. The van der Waals surface area contributed by atoms with Crippen molar-refractivity contribution >= 4 is 21.9 Å². The van der Waals surface area contributed by atoms with E-state index in [4.69, 9.17) is 4.74 Å². The zero-order chi connectivity index (χ0) is 20.8. The minimum Gasteiger partial charge on any atom is -0.452 e. The SMILES string of the molecule is CCC(C)(C)NC(=O)COC(=O)c1ccc(S(=O)(=O)N2CCCCCC2)cc1. The number of nitrogens with zero attached hydrogens (tertiary/aromatic N) is 1. The first-order valence-electron chi connectivity index (χ1n) is 9.74. The predicted octanol–water partition coefficient (Wildman–Crippen LogP) is 2.71. The van der Waals surface area contributed by atoms with Crippen molar-refractivity contribution < 1.29 is 22.7 Å². The van der Waals surface area contributed by atoms with Gasteiger partial charge in [0.05, 0.1) is 10.5 Å². The molecule has 1 amide bonds. The number of ether oxygens (including phenoxy) is 1. The van der Waals surface area contributed by atoms with Crippen molar-refractivity contribution in [1.29, 1.82) is 0 Å². The maximum absolute atomic E-state index is 12.8. The molecule has 1 aromatic carbocycles. The molecule has 1 aliphatic rings. The van der Waals surface area contributed by atoms with Crippen molar-refractivity contribution in [2.24, 2.45) is 0 Å². The summed E-state index contributed by atoms with van der Waals surface area (Å²) in [5.41, 5.74) is -0.162. The molecule has 1 heterocycles. The first-order chi connectivity index (χ1) is 13.2. The van der Waals surface area contributed by atoms with Crippen LogP contribution in [0.1, 0.15) is 63.2 Å². The van der Waals surface area contributed by atoms with E-state index in [9.17, 15) is 18.0 Å². The fourth-order valence-electron chi connectivity index (χ4n) is 2.91. The number of carbonyl (C=O) groups excluding carboxylic acids is 2. The van der Waals surface area contributed by atoms with Gasteiger partial charge >= 0.3 is 5.97 Å². The predicted molar refractivity (Wildman–Crippen MR) is 106 cm³/mol. The maximum atomic E-state index is 12.8. The number of carbonyl (C=O) groups is 2. The van der Waals surface area contributed by atoms with E-state index in [0.717, 1.165) is 32.1 Å². The van der Waals surface area contributed by atoms with Gasteiger partial charge in [0.2, 0.25) is 10.0 Å². The summed E-state index contributed by atoms with van der Waals surface area (Å²) in [5, 5.41) is 2.78. The van der Waals surface area contributed by atoms with Gasteiger partial charge in [-0.15, -0.1) is 0 Å². The molecule has 28 heavy (non-hydrogen) atoms. The highest BCUT2D eigenvalue weighted by molar-refractivity contribution is 7.89. The van der Waals surface area contributed by atoms with Gasteiger partial charge in [-0.25, -0.2) is 13.2 Å². The van der Waals surface area contributed by atoms with E-state index in [1.807, 2.05) is 20.8 Å². The molecule has 7 nitrogen and oxygen atoms in total. The molecule has 0 unspecified atom stereocenters. The quantitative estimate of drug-likeness (QED) is 0.698. The van der Waals surface area contributed by atoms with Crippen LogP contribution in [0.5, 0.6) is 0 Å². The number of sulfonamides is 1. The van der Waals surface area contributed by atoms with Crippen LogP contribution in [-0.4, -0.2) is 49.8 Å². The normalized spacial score (nSPS) is 16.2. The lowest BCUT2D eigenvalue weighted by Crippen LogP contribution is -2.44. The molecule has 0 aromatic heterocycles. The Morgan fingerprint density at radius 2 is 1.64 bits per heavy atom. The molecule has 0 spiro atoms. The Labute approximate surface area is 167 Å². The molecule has 1 saturated heterocycles. The zero-order valence-corrected chi connectivity index (χ0v) is 17.7. The highest BCUT2D eigenvalue weighted by Gasteiger charge is 2.25. The Morgan fingerprint density at radius 1 is 1.07 bits per heavy atom. The summed E-state index contributed by atoms with van der Waals surface area (Å²) in [5.74, 6) is -1.04. The van der Waals surface area contributed by atoms with Crippen molar-refractivity contribution in [3.63, 3.8) is 0 Å². The minimum absolute atomic E-state index is 0.161. The minimum atomic E-state index is -3.56. The molecule has 0 aliphatic carbocycles. The Bertz CT molecular complexity index is 779. The summed E-state index contributed by atoms with van der Waals surface area (Å²) in [6.45, 7) is 6.39. The Hall–Kier alpha value is -1.93. The van der Waals surface area contributed by atoms with Gasteiger partial charge in [-0.3, -0.25) is 4.79 Å². The Kier molecular flexibility index (Phi) is 7.60. The molecule has 1 aromatic rings. The van der Waals surface area contributed by atoms with Crippen LogP contribution in [0.4, 0.5) is 0 Å². The van der Waals surface area contributed by atoms with Gasteiger partial charge in [-0.05, 0) is 57.4 Å². The summed E-state index contributed by atoms with van der Waals surface area (Å²) in [7, 11) is -3.56. The highest BCUT2D eigenvalue weighted by atomic mass is 32.2. The van der Waals surface area contributed by atoms with E-state index in [-0.39, 0.29) is 28.5 Å². The molecule has 1 N–H and O–H groups in total. The Balaban J connectivity index is 1.97. The van der Waals surface area contributed by atoms with Crippen molar-refractivity contribution in [2.75, 3.05) is 19.7 Å². The van der Waals surface area contributed by atoms with E-state index in [1.165, 1.54) is 28.6 Å². The topological polar surface area (TPSA) is 92.8 Å². The summed E-state index contributed by atoms with van der Waals surface area (Å²) in [4.78, 5) is 24.2. The van der Waals surface area contributed by atoms with Crippen molar-refractivity contribution in [3.05, 3.63) is 29.8 Å². The van der Waals surface area contributed by atoms with E-state index < -0.39 is 16.0 Å². The summed E-state index contributed by atoms with van der Waals surface area (Å²) < 4.78 is 32.0. The largest absolute Gasteiger partial charge is 0.452 e. The number of hydrogen-bond donors (Lipinski definition) is 1. The third-order valence-corrected chi connectivity index (χ3v) is 6.90. The van der Waals surface area contributed by atoms with Crippen LogP contribution in [0.15, 0.2) is 29.2 Å². The van der Waals surface area contributed by atoms with Crippen LogP contribution in [0.3, 0.4) is 0 Å². The van der Waals surface area contributed by atoms with E-state index >= 15 is 0 Å². The van der Waals surface area contributed by atoms with Crippen LogP contribution in [0.2, 0.25) is 0 Å². The zero-order valence-electron chi connectivity index (χ0n) is 16.9. The molecule has 0 bridgehead atoms. The lowest BCUT2D eigenvalue weighted by Gasteiger charge is -2.24. The van der Waals surface area contributed by atoms with Crippen LogP contribution < -0.4 is 5.32 Å². The highest BCUT2D eigenvalue weighted by Crippen LogP contribution is 2.21. The maximum Gasteiger partial charge on any atom is 0.338 e. The number of nitrogens with one attached hydrogen (secondary N) is 1. The summed E-state index contributed by atoms with van der Waals surface area (Å²) in [6.07, 6.45) is 4.56. The second-order valence-corrected chi connectivity index (χ2v) is 9.64. The Morgan fingerprint density at radius 3 is 2.18 bits per heavy atom. The van der Waals surface area contributed by atoms with Gasteiger partial charge in [0.15, 0.2) is 6.61 Å². The lowest BCUT2D eigenvalue weighted by molar-refractivity contribution is -0.125. The monoisotopic (exact) mass is 410 g/mol. The van der Waals surface area contributed by atoms with Gasteiger partial charge < -0.3 is 10.1 Å². The molecule has 0 radical (unpaired) electrons. The summed E-state index contributed by atoms with van der Waals surface area (Å²) >= 11 is 0. The summed E-state index contributed by atoms with van der Waals surface area (Å²) in [6, 6.07) is 5.66. The van der Waals surface area contributed by atoms with Crippen molar-refractivity contribution in [2.45, 2.75) is 63.3 Å². The van der Waals surface area contributed by atoms with Crippen LogP contribution in [0.25, 0.3) is 0 Å². The molecule has 1 fully saturated rings. The van der Waals surface area contributed by atoms with E-state index in [2.05, 4.69) is 5.32 Å². The number of hydrogen-bond acceptors (Lipinski definition) is 5. The molecular weight excluding hydrogens is 380 g/mol. The van der Waals surface area contributed by atoms with Crippen molar-refractivity contribution in [1.82, 2.24) is 9.62 Å². The van der Waals surface area contributed by atoms with Gasteiger partial charge in [-0.1, -0.05) is 19.8 Å². The third kappa shape index (κ3) is 6.04. The molecule has 0 saturated carbocycles. The molecule has 1 aliphatic heterocycles. The fraction of sp³-hybridized carbons (Fsp3) is 0.600. The van der Waals surface area contributed by atoms with Gasteiger partial charge in [0.1, 0.15) is 0 Å². The second-order valence-electron chi connectivity index (χ2n) is 7.70. The van der Waals surface area contributed by atoms with Crippen LogP contribution in [0, 0.1) is 0 Å². The number of amides is 1. The first-order valence-corrected chi connectivity index (χ1v) is 11.2. The standard InChI is InChI=1S/C20H30N2O5S/c1-4-20(2,3)21-18(23)15-27-19(24)16-9-11-17(12-10-16)28(25,26)22-13-7-5-6-8-14-22/h9-12H,4-8,13-15H2,1-3H3,(H,21,23). The molecular formula is C20H30N2O5S. The average Bonchev–Trinajstić information content (AvgIpc) is 2.96. The van der Waals surface area contributed by atoms with Crippen LogP contribution in [-0.2, 0) is 19.6 Å². The average molecular weight is 411 g/mol. The molecule has 8 heteroatoms. The number of rotatable bonds is 7. The number of esters is 1. The molecule has 2 rings (SSSR count). The van der Waals surface area contributed by atoms with E-state index in [1.54, 1.807) is 0 Å². The molecule has 156 valence electrons. The molecule has 0 atom stereocenters.